The molecule has 0 atom stereocenters. The van der Waals surface area contributed by atoms with Gasteiger partial charge in [-0.2, -0.15) is 0 Å². The summed E-state index contributed by atoms with van der Waals surface area (Å²) in [6, 6.07) is 6.40. The van der Waals surface area contributed by atoms with Gasteiger partial charge in [-0.3, -0.25) is 14.4 Å². The van der Waals surface area contributed by atoms with Gasteiger partial charge in [0.25, 0.3) is 11.8 Å². The minimum Gasteiger partial charge on any atom is -0.456 e. The summed E-state index contributed by atoms with van der Waals surface area (Å²) >= 11 is 5.72. The molecule has 0 saturated heterocycles. The highest BCUT2D eigenvalue weighted by Crippen LogP contribution is 2.09. The lowest BCUT2D eigenvalue weighted by molar-refractivity contribution is -0.150. The fourth-order valence-corrected chi connectivity index (χ4v) is 1.45. The van der Waals surface area contributed by atoms with Gasteiger partial charge in [-0.1, -0.05) is 11.6 Å². The molecule has 1 aromatic carbocycles. The van der Waals surface area contributed by atoms with E-state index in [1.54, 1.807) is 38.4 Å². The van der Waals surface area contributed by atoms with Crippen LogP contribution in [0, 0.1) is 0 Å². The summed E-state index contributed by atoms with van der Waals surface area (Å²) in [6.07, 6.45) is 0.0000380. The van der Waals surface area contributed by atoms with Crippen LogP contribution in [0.1, 0.15) is 16.8 Å². The Labute approximate surface area is 128 Å². The predicted octanol–water partition coefficient (Wildman–Crippen LogP) is 1.09. The number of carbonyl (C=O) groups excluding carboxylic acids is 3. The first-order valence-corrected chi connectivity index (χ1v) is 6.67. The Bertz CT molecular complexity index is 514. The molecule has 6 nitrogen and oxygen atoms in total. The minimum atomic E-state index is -0.540. The number of ether oxygens (including phenoxy) is 1. The molecular formula is C14H17ClN2O4. The maximum Gasteiger partial charge on any atom is 0.308 e. The van der Waals surface area contributed by atoms with Crippen LogP contribution >= 0.6 is 11.6 Å². The molecule has 0 fully saturated rings. The maximum atomic E-state index is 11.7. The van der Waals surface area contributed by atoms with Crippen LogP contribution < -0.4 is 5.32 Å². The van der Waals surface area contributed by atoms with E-state index in [2.05, 4.69) is 5.32 Å². The van der Waals surface area contributed by atoms with Crippen LogP contribution in [0.25, 0.3) is 0 Å². The van der Waals surface area contributed by atoms with Gasteiger partial charge in [-0.15, -0.1) is 0 Å². The number of benzene rings is 1. The highest BCUT2D eigenvalue weighted by atomic mass is 35.5. The highest BCUT2D eigenvalue weighted by Gasteiger charge is 2.10. The van der Waals surface area contributed by atoms with Gasteiger partial charge in [0.05, 0.1) is 6.42 Å². The zero-order chi connectivity index (χ0) is 15.8. The normalized spacial score (nSPS) is 9.86. The Balaban J connectivity index is 2.26. The second-order valence-electron chi connectivity index (χ2n) is 4.46. The van der Waals surface area contributed by atoms with Crippen LogP contribution in [0.3, 0.4) is 0 Å². The molecule has 7 heteroatoms. The lowest BCUT2D eigenvalue weighted by Crippen LogP contribution is -2.29. The number of halogens is 1. The van der Waals surface area contributed by atoms with Crippen LogP contribution in [0.2, 0.25) is 5.02 Å². The average Bonchev–Trinajstić information content (AvgIpc) is 2.45. The number of hydrogen-bond acceptors (Lipinski definition) is 4. The van der Waals surface area contributed by atoms with E-state index in [1.807, 2.05) is 0 Å². The van der Waals surface area contributed by atoms with E-state index in [0.717, 1.165) is 0 Å². The van der Waals surface area contributed by atoms with Crippen molar-refractivity contribution in [1.82, 2.24) is 10.2 Å². The predicted molar refractivity (Wildman–Crippen MR) is 78.1 cm³/mol. The molecule has 0 aromatic heterocycles. The van der Waals surface area contributed by atoms with E-state index >= 15 is 0 Å². The lowest BCUT2D eigenvalue weighted by atomic mass is 10.2. The Morgan fingerprint density at radius 1 is 1.19 bits per heavy atom. The molecule has 114 valence electrons. The summed E-state index contributed by atoms with van der Waals surface area (Å²) in [5.74, 6) is -1.14. The molecule has 0 aliphatic rings. The van der Waals surface area contributed by atoms with Gasteiger partial charge in [0, 0.05) is 31.2 Å². The van der Waals surface area contributed by atoms with Crippen molar-refractivity contribution >= 4 is 29.4 Å². The van der Waals surface area contributed by atoms with E-state index in [1.165, 1.54) is 4.90 Å². The molecule has 1 rings (SSSR count). The molecule has 0 heterocycles. The summed E-state index contributed by atoms with van der Waals surface area (Å²) in [4.78, 5) is 35.6. The van der Waals surface area contributed by atoms with E-state index in [9.17, 15) is 14.4 Å². The molecule has 0 saturated carbocycles. The summed E-state index contributed by atoms with van der Waals surface area (Å²) < 4.78 is 4.77. The topological polar surface area (TPSA) is 75.7 Å². The molecule has 1 aromatic rings. The standard InChI is InChI=1S/C14H17ClN2O4/c1-17(2)12(18)9-21-13(19)7-8-16-14(20)10-3-5-11(15)6-4-10/h3-6H,7-9H2,1-2H3,(H,16,20). The fourth-order valence-electron chi connectivity index (χ4n) is 1.32. The zero-order valence-corrected chi connectivity index (χ0v) is 12.6. The van der Waals surface area contributed by atoms with Gasteiger partial charge >= 0.3 is 5.97 Å². The maximum absolute atomic E-state index is 11.7. The number of esters is 1. The molecule has 0 aliphatic heterocycles. The van der Waals surface area contributed by atoms with Crippen LogP contribution in [-0.4, -0.2) is 49.9 Å². The quantitative estimate of drug-likeness (QED) is 0.798. The first kappa shape index (κ1) is 17.0. The van der Waals surface area contributed by atoms with Gasteiger partial charge in [-0.25, -0.2) is 0 Å². The number of nitrogens with zero attached hydrogens (tertiary/aromatic N) is 1. The van der Waals surface area contributed by atoms with Crippen molar-refractivity contribution in [3.8, 4) is 0 Å². The van der Waals surface area contributed by atoms with E-state index < -0.39 is 5.97 Å². The van der Waals surface area contributed by atoms with Gasteiger partial charge in [0.15, 0.2) is 6.61 Å². The summed E-state index contributed by atoms with van der Waals surface area (Å²) in [5, 5.41) is 3.12. The molecule has 0 spiro atoms. The Hall–Kier alpha value is -2.08. The molecule has 0 radical (unpaired) electrons. The van der Waals surface area contributed by atoms with Crippen molar-refractivity contribution in [2.24, 2.45) is 0 Å². The number of rotatable bonds is 6. The third kappa shape index (κ3) is 6.27. The fraction of sp³-hybridized carbons (Fsp3) is 0.357. The summed E-state index contributed by atoms with van der Waals surface area (Å²) in [6.45, 7) is -0.159. The van der Waals surface area contributed by atoms with E-state index in [4.69, 9.17) is 16.3 Å². The Kier molecular flexibility index (Phi) is 6.68. The molecule has 2 amide bonds. The number of hydrogen-bond donors (Lipinski definition) is 1. The molecule has 1 N–H and O–H groups in total. The molecule has 21 heavy (non-hydrogen) atoms. The second kappa shape index (κ2) is 8.26. The van der Waals surface area contributed by atoms with Crippen molar-refractivity contribution in [2.45, 2.75) is 6.42 Å². The summed E-state index contributed by atoms with van der Waals surface area (Å²) in [7, 11) is 3.14. The lowest BCUT2D eigenvalue weighted by Gasteiger charge is -2.10. The van der Waals surface area contributed by atoms with Gasteiger partial charge in [-0.05, 0) is 24.3 Å². The number of carbonyl (C=O) groups is 3. The SMILES string of the molecule is CN(C)C(=O)COC(=O)CCNC(=O)c1ccc(Cl)cc1. The third-order valence-electron chi connectivity index (χ3n) is 2.58. The number of nitrogens with one attached hydrogen (secondary N) is 1. The smallest absolute Gasteiger partial charge is 0.308 e. The second-order valence-corrected chi connectivity index (χ2v) is 4.90. The number of amides is 2. The van der Waals surface area contributed by atoms with E-state index in [-0.39, 0.29) is 31.4 Å². The van der Waals surface area contributed by atoms with Crippen molar-refractivity contribution in [1.29, 1.82) is 0 Å². The first-order chi connectivity index (χ1) is 9.90. The van der Waals surface area contributed by atoms with Crippen LogP contribution in [0.4, 0.5) is 0 Å². The highest BCUT2D eigenvalue weighted by molar-refractivity contribution is 6.30. The molecule has 0 bridgehead atoms. The van der Waals surface area contributed by atoms with Gasteiger partial charge in [0.2, 0.25) is 0 Å². The minimum absolute atomic E-state index is 0.0000380. The molecule has 0 aliphatic carbocycles. The first-order valence-electron chi connectivity index (χ1n) is 6.29. The van der Waals surface area contributed by atoms with Crippen LogP contribution in [-0.2, 0) is 14.3 Å². The van der Waals surface area contributed by atoms with Crippen molar-refractivity contribution in [3.05, 3.63) is 34.9 Å². The largest absolute Gasteiger partial charge is 0.456 e. The van der Waals surface area contributed by atoms with Gasteiger partial charge in [0.1, 0.15) is 0 Å². The monoisotopic (exact) mass is 312 g/mol. The van der Waals surface area contributed by atoms with E-state index in [0.29, 0.717) is 10.6 Å². The average molecular weight is 313 g/mol. The van der Waals surface area contributed by atoms with Crippen LogP contribution in [0.5, 0.6) is 0 Å². The third-order valence-corrected chi connectivity index (χ3v) is 2.83. The summed E-state index contributed by atoms with van der Waals surface area (Å²) in [5.41, 5.74) is 0.454. The zero-order valence-electron chi connectivity index (χ0n) is 11.9. The van der Waals surface area contributed by atoms with Crippen molar-refractivity contribution in [2.75, 3.05) is 27.2 Å². The molecular weight excluding hydrogens is 296 g/mol. The molecule has 0 unspecified atom stereocenters. The van der Waals surface area contributed by atoms with Crippen LogP contribution in [0.15, 0.2) is 24.3 Å². The Morgan fingerprint density at radius 2 is 1.81 bits per heavy atom. The van der Waals surface area contributed by atoms with Crippen molar-refractivity contribution in [3.63, 3.8) is 0 Å². The Morgan fingerprint density at radius 3 is 2.38 bits per heavy atom. The van der Waals surface area contributed by atoms with Gasteiger partial charge < -0.3 is 15.0 Å². The van der Waals surface area contributed by atoms with Crippen molar-refractivity contribution < 1.29 is 19.1 Å². The number of likely N-dealkylation sites (N-methyl/N-ethyl adjacent to an activating group) is 1.